The van der Waals surface area contributed by atoms with Gasteiger partial charge in [0.15, 0.2) is 0 Å². The number of thiophene rings is 1. The van der Waals surface area contributed by atoms with Crippen LogP contribution >= 0.6 is 11.3 Å². The molecule has 3 heterocycles. The molecule has 0 aliphatic carbocycles. The van der Waals surface area contributed by atoms with E-state index < -0.39 is 0 Å². The van der Waals surface area contributed by atoms with Crippen molar-refractivity contribution in [2.75, 3.05) is 13.1 Å². The van der Waals surface area contributed by atoms with E-state index in [1.54, 1.807) is 11.3 Å². The van der Waals surface area contributed by atoms with Gasteiger partial charge in [0.25, 0.3) is 5.91 Å². The lowest BCUT2D eigenvalue weighted by molar-refractivity contribution is -0.126. The first-order valence-electron chi connectivity index (χ1n) is 9.21. The Morgan fingerprint density at radius 1 is 1.32 bits per heavy atom. The Labute approximate surface area is 153 Å². The molecule has 0 aromatic carbocycles. The second-order valence-electron chi connectivity index (χ2n) is 6.83. The summed E-state index contributed by atoms with van der Waals surface area (Å²) in [7, 11) is 0. The summed E-state index contributed by atoms with van der Waals surface area (Å²) in [5.74, 6) is 0.254. The number of aromatic nitrogens is 1. The highest BCUT2D eigenvalue weighted by Crippen LogP contribution is 2.27. The first-order chi connectivity index (χ1) is 12.0. The molecule has 5 nitrogen and oxygen atoms in total. The fourth-order valence-electron chi connectivity index (χ4n) is 3.46. The van der Waals surface area contributed by atoms with Crippen LogP contribution in [0, 0.1) is 5.92 Å². The van der Waals surface area contributed by atoms with E-state index in [1.165, 1.54) is 0 Å². The summed E-state index contributed by atoms with van der Waals surface area (Å²) >= 11 is 1.67. The van der Waals surface area contributed by atoms with Crippen LogP contribution < -0.4 is 5.32 Å². The van der Waals surface area contributed by atoms with Crippen LogP contribution in [0.1, 0.15) is 50.5 Å². The molecule has 0 spiro atoms. The highest BCUT2D eigenvalue weighted by molar-refractivity contribution is 7.17. The highest BCUT2D eigenvalue weighted by atomic mass is 32.1. The maximum atomic E-state index is 13.0. The molecular formula is C19H27N3O2S. The summed E-state index contributed by atoms with van der Waals surface area (Å²) in [5, 5.41) is 5.12. The Balaban J connectivity index is 1.65. The lowest BCUT2D eigenvalue weighted by Crippen LogP contribution is -2.45. The zero-order valence-electron chi connectivity index (χ0n) is 15.2. The third kappa shape index (κ3) is 3.59. The predicted molar refractivity (Wildman–Crippen MR) is 102 cm³/mol. The zero-order chi connectivity index (χ0) is 18.0. The molecule has 136 valence electrons. The van der Waals surface area contributed by atoms with E-state index in [1.807, 2.05) is 17.9 Å². The number of nitrogens with zero attached hydrogens (tertiary/aromatic N) is 2. The van der Waals surface area contributed by atoms with Crippen LogP contribution in [0.3, 0.4) is 0 Å². The van der Waals surface area contributed by atoms with Crippen molar-refractivity contribution in [2.45, 2.75) is 52.6 Å². The fourth-order valence-corrected chi connectivity index (χ4v) is 4.29. The lowest BCUT2D eigenvalue weighted by Gasteiger charge is -2.32. The largest absolute Gasteiger partial charge is 0.353 e. The minimum Gasteiger partial charge on any atom is -0.353 e. The van der Waals surface area contributed by atoms with E-state index in [-0.39, 0.29) is 23.8 Å². The normalized spacial score (nSPS) is 17.0. The van der Waals surface area contributed by atoms with Gasteiger partial charge >= 0.3 is 0 Å². The standard InChI is InChI=1S/C19H27N3O2S/c1-4-13(3)20-18(23)14-6-9-21(10-7-14)19(24)16-12-17-15(8-11-25-17)22(16)5-2/h8,11-14H,4-7,9-10H2,1-3H3,(H,20,23). The maximum Gasteiger partial charge on any atom is 0.270 e. The molecule has 0 saturated carbocycles. The molecule has 3 rings (SSSR count). The van der Waals surface area contributed by atoms with Gasteiger partial charge in [-0.25, -0.2) is 0 Å². The summed E-state index contributed by atoms with van der Waals surface area (Å²) in [4.78, 5) is 27.1. The monoisotopic (exact) mass is 361 g/mol. The number of amides is 2. The van der Waals surface area contributed by atoms with Gasteiger partial charge in [0.2, 0.25) is 5.91 Å². The lowest BCUT2D eigenvalue weighted by atomic mass is 9.95. The first-order valence-corrected chi connectivity index (χ1v) is 10.1. The Kier molecular flexibility index (Phi) is 5.47. The molecule has 2 amide bonds. The summed E-state index contributed by atoms with van der Waals surface area (Å²) in [6.07, 6.45) is 2.43. The molecule has 1 aliphatic rings. The molecule has 0 radical (unpaired) electrons. The number of nitrogens with one attached hydrogen (secondary N) is 1. The number of aryl methyl sites for hydroxylation is 1. The number of hydrogen-bond donors (Lipinski definition) is 1. The van der Waals surface area contributed by atoms with Crippen molar-refractivity contribution in [1.29, 1.82) is 0 Å². The number of carbonyl (C=O) groups excluding carboxylic acids is 2. The third-order valence-corrected chi connectivity index (χ3v) is 6.07. The summed E-state index contributed by atoms with van der Waals surface area (Å²) in [6.45, 7) is 8.26. The van der Waals surface area contributed by atoms with Crippen molar-refractivity contribution in [3.63, 3.8) is 0 Å². The van der Waals surface area contributed by atoms with Crippen molar-refractivity contribution in [3.8, 4) is 0 Å². The van der Waals surface area contributed by atoms with Gasteiger partial charge in [-0.15, -0.1) is 11.3 Å². The number of hydrogen-bond acceptors (Lipinski definition) is 3. The van der Waals surface area contributed by atoms with E-state index >= 15 is 0 Å². The number of piperidine rings is 1. The van der Waals surface area contributed by atoms with Gasteiger partial charge in [0.05, 0.1) is 10.2 Å². The van der Waals surface area contributed by atoms with Crippen molar-refractivity contribution in [2.24, 2.45) is 5.92 Å². The molecule has 1 unspecified atom stereocenters. The van der Waals surface area contributed by atoms with Crippen molar-refractivity contribution < 1.29 is 9.59 Å². The van der Waals surface area contributed by atoms with Crippen molar-refractivity contribution in [3.05, 3.63) is 23.2 Å². The third-order valence-electron chi connectivity index (χ3n) is 5.21. The smallest absolute Gasteiger partial charge is 0.270 e. The molecule has 1 atom stereocenters. The second-order valence-corrected chi connectivity index (χ2v) is 7.78. The molecule has 6 heteroatoms. The molecule has 1 N–H and O–H groups in total. The van der Waals surface area contributed by atoms with Crippen LogP contribution in [0.5, 0.6) is 0 Å². The van der Waals surface area contributed by atoms with Gasteiger partial charge in [-0.2, -0.15) is 0 Å². The van der Waals surface area contributed by atoms with E-state index in [2.05, 4.69) is 35.2 Å². The topological polar surface area (TPSA) is 54.3 Å². The fraction of sp³-hybridized carbons (Fsp3) is 0.579. The van der Waals surface area contributed by atoms with Crippen LogP contribution in [-0.2, 0) is 11.3 Å². The van der Waals surface area contributed by atoms with Crippen molar-refractivity contribution in [1.82, 2.24) is 14.8 Å². The van der Waals surface area contributed by atoms with E-state index in [9.17, 15) is 9.59 Å². The van der Waals surface area contributed by atoms with Crippen LogP contribution in [0.15, 0.2) is 17.5 Å². The number of carbonyl (C=O) groups is 2. The first kappa shape index (κ1) is 18.0. The number of likely N-dealkylation sites (tertiary alicyclic amines) is 1. The summed E-state index contributed by atoms with van der Waals surface area (Å²) in [5.41, 5.74) is 1.91. The molecule has 2 aromatic rings. The molecule has 2 aromatic heterocycles. The molecule has 1 aliphatic heterocycles. The van der Waals surface area contributed by atoms with Crippen molar-refractivity contribution >= 4 is 33.4 Å². The average molecular weight is 362 g/mol. The molecular weight excluding hydrogens is 334 g/mol. The predicted octanol–water partition coefficient (Wildman–Crippen LogP) is 3.49. The SMILES string of the molecule is CCC(C)NC(=O)C1CCN(C(=O)c2cc3sccc3n2CC)CC1. The molecule has 25 heavy (non-hydrogen) atoms. The summed E-state index contributed by atoms with van der Waals surface area (Å²) < 4.78 is 3.25. The van der Waals surface area contributed by atoms with Gasteiger partial charge in [-0.1, -0.05) is 6.92 Å². The van der Waals surface area contributed by atoms with Crippen LogP contribution in [-0.4, -0.2) is 40.4 Å². The Bertz CT molecular complexity index is 756. The Morgan fingerprint density at radius 2 is 2.04 bits per heavy atom. The van der Waals surface area contributed by atoms with Gasteiger partial charge < -0.3 is 14.8 Å². The summed E-state index contributed by atoms with van der Waals surface area (Å²) in [6, 6.07) is 4.30. The zero-order valence-corrected chi connectivity index (χ0v) is 16.1. The van der Waals surface area contributed by atoms with Gasteiger partial charge in [0, 0.05) is 31.6 Å². The van der Waals surface area contributed by atoms with Crippen LogP contribution in [0.25, 0.3) is 10.2 Å². The number of rotatable bonds is 5. The molecule has 1 saturated heterocycles. The van der Waals surface area contributed by atoms with Crippen LogP contribution in [0.2, 0.25) is 0 Å². The quantitative estimate of drug-likeness (QED) is 0.886. The minimum atomic E-state index is 0.0273. The minimum absolute atomic E-state index is 0.0273. The highest BCUT2D eigenvalue weighted by Gasteiger charge is 2.29. The van der Waals surface area contributed by atoms with E-state index in [0.717, 1.165) is 41.7 Å². The van der Waals surface area contributed by atoms with E-state index in [4.69, 9.17) is 0 Å². The molecule has 1 fully saturated rings. The van der Waals surface area contributed by atoms with Gasteiger partial charge in [-0.05, 0) is 50.6 Å². The van der Waals surface area contributed by atoms with Gasteiger partial charge in [0.1, 0.15) is 5.69 Å². The maximum absolute atomic E-state index is 13.0. The Morgan fingerprint density at radius 3 is 2.68 bits per heavy atom. The Hall–Kier alpha value is -1.82. The van der Waals surface area contributed by atoms with Crippen LogP contribution in [0.4, 0.5) is 0 Å². The van der Waals surface area contributed by atoms with E-state index in [0.29, 0.717) is 13.1 Å². The van der Waals surface area contributed by atoms with Gasteiger partial charge in [-0.3, -0.25) is 9.59 Å². The molecule has 0 bridgehead atoms. The second kappa shape index (κ2) is 7.60. The average Bonchev–Trinajstić information content (AvgIpc) is 3.21. The number of fused-ring (bicyclic) bond motifs is 1.